The number of halogens is 3. The number of carbonyl (C=O) groups is 1. The zero-order valence-corrected chi connectivity index (χ0v) is 11.1. The number of rotatable bonds is 6. The molecule has 0 aromatic carbocycles. The summed E-state index contributed by atoms with van der Waals surface area (Å²) in [5.74, 6) is -0.351. The maximum atomic E-state index is 12.5. The summed E-state index contributed by atoms with van der Waals surface area (Å²) < 4.78 is 42.2. The second kappa shape index (κ2) is 7.09. The van der Waals surface area contributed by atoms with Gasteiger partial charge in [0.05, 0.1) is 6.61 Å². The molecule has 0 radical (unpaired) electrons. The van der Waals surface area contributed by atoms with Crippen LogP contribution in [-0.4, -0.2) is 37.2 Å². The molecule has 1 rings (SSSR count). The van der Waals surface area contributed by atoms with Gasteiger partial charge in [0, 0.05) is 13.7 Å². The van der Waals surface area contributed by atoms with Crippen LogP contribution in [0.25, 0.3) is 0 Å². The highest BCUT2D eigenvalue weighted by Crippen LogP contribution is 2.28. The maximum Gasteiger partial charge on any atom is 0.433 e. The van der Waals surface area contributed by atoms with Crippen LogP contribution >= 0.6 is 0 Å². The van der Waals surface area contributed by atoms with Crippen molar-refractivity contribution >= 4 is 11.7 Å². The Morgan fingerprint density at radius 2 is 2.15 bits per heavy atom. The third-order valence-electron chi connectivity index (χ3n) is 2.40. The van der Waals surface area contributed by atoms with Crippen LogP contribution in [0.15, 0.2) is 18.2 Å². The van der Waals surface area contributed by atoms with Gasteiger partial charge in [0.25, 0.3) is 0 Å². The molecule has 1 aromatic rings. The number of hydrogen-bond acceptors (Lipinski definition) is 4. The lowest BCUT2D eigenvalue weighted by molar-refractivity contribution is -0.141. The molecule has 20 heavy (non-hydrogen) atoms. The van der Waals surface area contributed by atoms with E-state index in [0.717, 1.165) is 6.07 Å². The molecule has 0 fully saturated rings. The minimum absolute atomic E-state index is 0.00536. The molecular formula is C12H16F3N3O2. The maximum absolute atomic E-state index is 12.5. The average molecular weight is 291 g/mol. The van der Waals surface area contributed by atoms with Crippen molar-refractivity contribution in [3.05, 3.63) is 23.9 Å². The van der Waals surface area contributed by atoms with Gasteiger partial charge in [-0.25, -0.2) is 4.98 Å². The molecule has 112 valence electrons. The molecule has 1 amide bonds. The number of nitrogens with one attached hydrogen (secondary N) is 2. The van der Waals surface area contributed by atoms with Gasteiger partial charge in [0.2, 0.25) is 5.91 Å². The number of alkyl halides is 3. The van der Waals surface area contributed by atoms with Gasteiger partial charge in [-0.3, -0.25) is 4.79 Å². The van der Waals surface area contributed by atoms with Gasteiger partial charge < -0.3 is 15.4 Å². The minimum atomic E-state index is -4.51. The first kappa shape index (κ1) is 16.2. The molecule has 8 heteroatoms. The molecule has 0 saturated carbocycles. The molecule has 0 spiro atoms. The van der Waals surface area contributed by atoms with Crippen LogP contribution in [-0.2, 0) is 15.7 Å². The second-order valence-electron chi connectivity index (χ2n) is 4.06. The van der Waals surface area contributed by atoms with Crippen LogP contribution in [0.2, 0.25) is 0 Å². The van der Waals surface area contributed by atoms with Gasteiger partial charge in [0.1, 0.15) is 17.6 Å². The molecular weight excluding hydrogens is 275 g/mol. The van der Waals surface area contributed by atoms with E-state index in [1.807, 2.05) is 0 Å². The van der Waals surface area contributed by atoms with Crippen molar-refractivity contribution in [2.45, 2.75) is 19.1 Å². The monoisotopic (exact) mass is 291 g/mol. The summed E-state index contributed by atoms with van der Waals surface area (Å²) in [5.41, 5.74) is -1.01. The molecule has 1 aromatic heterocycles. The summed E-state index contributed by atoms with van der Waals surface area (Å²) in [6.45, 7) is 2.22. The third-order valence-corrected chi connectivity index (χ3v) is 2.40. The predicted molar refractivity (Wildman–Crippen MR) is 67.2 cm³/mol. The van der Waals surface area contributed by atoms with Crippen LogP contribution in [0.4, 0.5) is 19.0 Å². The average Bonchev–Trinajstić information content (AvgIpc) is 2.38. The fourth-order valence-corrected chi connectivity index (χ4v) is 1.39. The van der Waals surface area contributed by atoms with E-state index in [0.29, 0.717) is 13.2 Å². The molecule has 0 aliphatic rings. The fraction of sp³-hybridized carbons (Fsp3) is 0.500. The van der Waals surface area contributed by atoms with Gasteiger partial charge >= 0.3 is 6.18 Å². The van der Waals surface area contributed by atoms with Crippen molar-refractivity contribution in [1.82, 2.24) is 10.3 Å². The quantitative estimate of drug-likeness (QED) is 0.783. The third kappa shape index (κ3) is 5.04. The number of aromatic nitrogens is 1. The highest BCUT2D eigenvalue weighted by molar-refractivity contribution is 5.83. The Hall–Kier alpha value is -1.83. The van der Waals surface area contributed by atoms with Crippen molar-refractivity contribution in [3.8, 4) is 0 Å². The Kier molecular flexibility index (Phi) is 5.75. The summed E-state index contributed by atoms with van der Waals surface area (Å²) in [6.07, 6.45) is -4.51. The number of anilines is 1. The topological polar surface area (TPSA) is 63.2 Å². The Labute approximate surface area is 114 Å². The Bertz CT molecular complexity index is 452. The predicted octanol–water partition coefficient (Wildman–Crippen LogP) is 1.66. The van der Waals surface area contributed by atoms with Gasteiger partial charge in [-0.2, -0.15) is 13.2 Å². The number of ether oxygens (including phenoxy) is 1. The van der Waals surface area contributed by atoms with Crippen LogP contribution in [0.1, 0.15) is 12.6 Å². The first-order valence-electron chi connectivity index (χ1n) is 5.92. The number of amides is 1. The number of methoxy groups -OCH3 is 1. The highest BCUT2D eigenvalue weighted by Gasteiger charge is 2.32. The molecule has 0 aliphatic heterocycles. The largest absolute Gasteiger partial charge is 0.433 e. The summed E-state index contributed by atoms with van der Waals surface area (Å²) in [6, 6.07) is 2.76. The van der Waals surface area contributed by atoms with E-state index in [1.165, 1.54) is 26.2 Å². The van der Waals surface area contributed by atoms with Crippen molar-refractivity contribution in [3.63, 3.8) is 0 Å². The van der Waals surface area contributed by atoms with E-state index >= 15 is 0 Å². The molecule has 2 N–H and O–H groups in total. The van der Waals surface area contributed by atoms with E-state index in [-0.39, 0.29) is 11.7 Å². The molecule has 0 saturated heterocycles. The molecule has 0 aliphatic carbocycles. The van der Waals surface area contributed by atoms with Crippen molar-refractivity contribution in [2.24, 2.45) is 0 Å². The molecule has 5 nitrogen and oxygen atoms in total. The van der Waals surface area contributed by atoms with Gasteiger partial charge in [0.15, 0.2) is 0 Å². The van der Waals surface area contributed by atoms with Gasteiger partial charge in [-0.05, 0) is 19.1 Å². The molecule has 1 unspecified atom stereocenters. The lowest BCUT2D eigenvalue weighted by Gasteiger charge is -2.15. The molecule has 0 bridgehead atoms. The summed E-state index contributed by atoms with van der Waals surface area (Å²) in [5, 5.41) is 5.19. The Balaban J connectivity index is 2.62. The van der Waals surface area contributed by atoms with Crippen LogP contribution in [0, 0.1) is 0 Å². The number of hydrogen-bond donors (Lipinski definition) is 2. The van der Waals surface area contributed by atoms with Crippen molar-refractivity contribution in [1.29, 1.82) is 0 Å². The normalized spacial score (nSPS) is 12.8. The second-order valence-corrected chi connectivity index (χ2v) is 4.06. The zero-order chi connectivity index (χ0) is 15.2. The standard InChI is InChI=1S/C12H16F3N3O2/c1-8(11(19)16-6-7-20-2)17-10-5-3-4-9(18-10)12(13,14)15/h3-5,8H,6-7H2,1-2H3,(H,16,19)(H,17,18). The van der Waals surface area contributed by atoms with Crippen molar-refractivity contribution < 1.29 is 22.7 Å². The van der Waals surface area contributed by atoms with Crippen LogP contribution in [0.5, 0.6) is 0 Å². The Morgan fingerprint density at radius 1 is 1.45 bits per heavy atom. The lowest BCUT2D eigenvalue weighted by atomic mass is 10.3. The van der Waals surface area contributed by atoms with Crippen molar-refractivity contribution in [2.75, 3.05) is 25.6 Å². The summed E-state index contributed by atoms with van der Waals surface area (Å²) in [4.78, 5) is 15.0. The van der Waals surface area contributed by atoms with Gasteiger partial charge in [-0.15, -0.1) is 0 Å². The molecule has 1 heterocycles. The van der Waals surface area contributed by atoms with E-state index in [1.54, 1.807) is 0 Å². The number of pyridine rings is 1. The minimum Gasteiger partial charge on any atom is -0.383 e. The zero-order valence-electron chi connectivity index (χ0n) is 11.1. The first-order valence-corrected chi connectivity index (χ1v) is 5.92. The summed E-state index contributed by atoms with van der Waals surface area (Å²) in [7, 11) is 1.50. The van der Waals surface area contributed by atoms with E-state index in [4.69, 9.17) is 4.74 Å². The smallest absolute Gasteiger partial charge is 0.383 e. The fourth-order valence-electron chi connectivity index (χ4n) is 1.39. The van der Waals surface area contributed by atoms with E-state index < -0.39 is 17.9 Å². The van der Waals surface area contributed by atoms with E-state index in [9.17, 15) is 18.0 Å². The number of carbonyl (C=O) groups excluding carboxylic acids is 1. The lowest BCUT2D eigenvalue weighted by Crippen LogP contribution is -2.39. The highest BCUT2D eigenvalue weighted by atomic mass is 19.4. The number of nitrogens with zero attached hydrogens (tertiary/aromatic N) is 1. The van der Waals surface area contributed by atoms with Gasteiger partial charge in [-0.1, -0.05) is 6.07 Å². The molecule has 1 atom stereocenters. The first-order chi connectivity index (χ1) is 9.34. The Morgan fingerprint density at radius 3 is 2.75 bits per heavy atom. The van der Waals surface area contributed by atoms with Crippen LogP contribution in [0.3, 0.4) is 0 Å². The summed E-state index contributed by atoms with van der Waals surface area (Å²) >= 11 is 0. The van der Waals surface area contributed by atoms with Crippen LogP contribution < -0.4 is 10.6 Å². The SMILES string of the molecule is COCCNC(=O)C(C)Nc1cccc(C(F)(F)F)n1. The van der Waals surface area contributed by atoms with E-state index in [2.05, 4.69) is 15.6 Å².